The molecular weight excluding hydrogens is 324 g/mol. The molecule has 2 atom stereocenters. The van der Waals surface area contributed by atoms with E-state index in [-0.39, 0.29) is 5.97 Å². The molecule has 2 unspecified atom stereocenters. The number of hydrogen-bond acceptors (Lipinski definition) is 3. The molecule has 3 heteroatoms. The average molecular weight is 359 g/mol. The van der Waals surface area contributed by atoms with E-state index < -0.39 is 5.60 Å². The fourth-order valence-corrected chi connectivity index (χ4v) is 2.62. The first-order chi connectivity index (χ1) is 12.3. The lowest BCUT2D eigenvalue weighted by atomic mass is 9.92. The zero-order chi connectivity index (χ0) is 19.4. The second kappa shape index (κ2) is 11.7. The van der Waals surface area contributed by atoms with E-state index in [0.29, 0.717) is 12.5 Å². The normalized spacial score (nSPS) is 15.7. The van der Waals surface area contributed by atoms with Crippen LogP contribution in [0.3, 0.4) is 0 Å². The second-order valence-corrected chi connectivity index (χ2v) is 7.47. The lowest BCUT2D eigenvalue weighted by Crippen LogP contribution is -2.22. The van der Waals surface area contributed by atoms with Crippen molar-refractivity contribution >= 4 is 5.97 Å². The van der Waals surface area contributed by atoms with Crippen LogP contribution >= 0.6 is 0 Å². The Bertz CT molecular complexity index is 585. The van der Waals surface area contributed by atoms with Gasteiger partial charge in [-0.1, -0.05) is 69.2 Å². The quantitative estimate of drug-likeness (QED) is 0.319. The first kappa shape index (κ1) is 22.2. The van der Waals surface area contributed by atoms with Gasteiger partial charge in [-0.05, 0) is 50.2 Å². The third-order valence-electron chi connectivity index (χ3n) is 4.66. The molecule has 0 radical (unpaired) electrons. The van der Waals surface area contributed by atoms with Crippen molar-refractivity contribution in [2.75, 3.05) is 0 Å². The van der Waals surface area contributed by atoms with Gasteiger partial charge in [0.1, 0.15) is 6.61 Å². The second-order valence-electron chi connectivity index (χ2n) is 7.47. The zero-order valence-electron chi connectivity index (χ0n) is 16.7. The molecule has 0 aromatic heterocycles. The predicted octanol–water partition coefficient (Wildman–Crippen LogP) is 5.59. The van der Waals surface area contributed by atoms with Crippen molar-refractivity contribution in [3.63, 3.8) is 0 Å². The third kappa shape index (κ3) is 10.2. The molecule has 0 bridgehead atoms. The van der Waals surface area contributed by atoms with Gasteiger partial charge >= 0.3 is 5.97 Å². The minimum atomic E-state index is -0.533. The van der Waals surface area contributed by atoms with Crippen LogP contribution in [-0.4, -0.2) is 16.7 Å². The Balaban J connectivity index is 2.28. The summed E-state index contributed by atoms with van der Waals surface area (Å²) in [5.41, 5.74) is 1.34. The van der Waals surface area contributed by atoms with E-state index in [0.717, 1.165) is 43.2 Å². The Morgan fingerprint density at radius 2 is 2.00 bits per heavy atom. The highest BCUT2D eigenvalue weighted by molar-refractivity contribution is 5.83. The maximum atomic E-state index is 11.8. The van der Waals surface area contributed by atoms with Crippen LogP contribution in [-0.2, 0) is 16.1 Å². The highest BCUT2D eigenvalue weighted by atomic mass is 16.5. The molecule has 144 valence electrons. The lowest BCUT2D eigenvalue weighted by Gasteiger charge is -2.21. The Kier molecular flexibility index (Phi) is 9.97. The molecule has 26 heavy (non-hydrogen) atoms. The van der Waals surface area contributed by atoms with Gasteiger partial charge < -0.3 is 9.84 Å². The van der Waals surface area contributed by atoms with Crippen LogP contribution in [0.2, 0.25) is 0 Å². The Morgan fingerprint density at radius 3 is 2.65 bits per heavy atom. The van der Waals surface area contributed by atoms with Crippen LogP contribution in [0.1, 0.15) is 65.4 Å². The molecule has 1 aromatic carbocycles. The summed E-state index contributed by atoms with van der Waals surface area (Å²) >= 11 is 0. The summed E-state index contributed by atoms with van der Waals surface area (Å²) in [7, 11) is 0. The van der Waals surface area contributed by atoms with Crippen molar-refractivity contribution in [2.24, 2.45) is 5.92 Å². The van der Waals surface area contributed by atoms with Gasteiger partial charge in [0.2, 0.25) is 0 Å². The molecule has 0 aliphatic rings. The van der Waals surface area contributed by atoms with Crippen LogP contribution in [0, 0.1) is 5.92 Å². The van der Waals surface area contributed by atoms with Crippen molar-refractivity contribution < 1.29 is 14.6 Å². The molecular formula is C23H34O3. The lowest BCUT2D eigenvalue weighted by molar-refractivity contribution is -0.139. The van der Waals surface area contributed by atoms with E-state index in [4.69, 9.17) is 4.74 Å². The summed E-state index contributed by atoms with van der Waals surface area (Å²) in [5.74, 6) is 0.252. The maximum Gasteiger partial charge on any atom is 0.331 e. The van der Waals surface area contributed by atoms with Gasteiger partial charge in [0.25, 0.3) is 0 Å². The first-order valence-corrected chi connectivity index (χ1v) is 9.60. The van der Waals surface area contributed by atoms with Gasteiger partial charge in [-0.2, -0.15) is 0 Å². The Morgan fingerprint density at radius 1 is 1.31 bits per heavy atom. The minimum Gasteiger partial charge on any atom is -0.458 e. The third-order valence-corrected chi connectivity index (χ3v) is 4.66. The number of rotatable bonds is 11. The van der Waals surface area contributed by atoms with Crippen molar-refractivity contribution in [2.45, 2.75) is 72.0 Å². The van der Waals surface area contributed by atoms with Crippen molar-refractivity contribution in [1.29, 1.82) is 0 Å². The summed E-state index contributed by atoms with van der Waals surface area (Å²) < 4.78 is 5.25. The molecule has 1 N–H and O–H groups in total. The van der Waals surface area contributed by atoms with Crippen LogP contribution in [0.4, 0.5) is 0 Å². The number of esters is 1. The highest BCUT2D eigenvalue weighted by Crippen LogP contribution is 2.20. The van der Waals surface area contributed by atoms with E-state index in [1.165, 1.54) is 6.08 Å². The van der Waals surface area contributed by atoms with Crippen LogP contribution < -0.4 is 0 Å². The van der Waals surface area contributed by atoms with Crippen LogP contribution in [0.5, 0.6) is 0 Å². The molecule has 0 spiro atoms. The Hall–Kier alpha value is -1.87. The standard InChI is InChI=1S/C23H34O3/c1-5-23(4,25)16-10-13-19(2)11-9-12-20(3)17-22(24)26-18-21-14-7-6-8-15-21/h6-9,12,14-15,17,19,25H,5,10-11,13,16,18H2,1-4H3/b12-9+,20-17+. The maximum absolute atomic E-state index is 11.8. The fourth-order valence-electron chi connectivity index (χ4n) is 2.62. The number of benzene rings is 1. The van der Waals surface area contributed by atoms with Gasteiger partial charge in [-0.25, -0.2) is 4.79 Å². The number of hydrogen-bond donors (Lipinski definition) is 1. The smallest absolute Gasteiger partial charge is 0.331 e. The number of allylic oxidation sites excluding steroid dienone is 3. The number of carbonyl (C=O) groups excluding carboxylic acids is 1. The topological polar surface area (TPSA) is 46.5 Å². The van der Waals surface area contributed by atoms with E-state index in [1.807, 2.05) is 57.2 Å². The number of carbonyl (C=O) groups is 1. The van der Waals surface area contributed by atoms with Gasteiger partial charge in [0.15, 0.2) is 0 Å². The summed E-state index contributed by atoms with van der Waals surface area (Å²) in [6.07, 6.45) is 10.4. The Labute approximate surface area is 158 Å². The fraction of sp³-hybridized carbons (Fsp3) is 0.522. The monoisotopic (exact) mass is 358 g/mol. The van der Waals surface area contributed by atoms with Gasteiger partial charge in [-0.3, -0.25) is 0 Å². The molecule has 0 saturated carbocycles. The average Bonchev–Trinajstić information content (AvgIpc) is 2.60. The van der Waals surface area contributed by atoms with Crippen LogP contribution in [0.25, 0.3) is 0 Å². The van der Waals surface area contributed by atoms with Crippen molar-refractivity contribution in [3.05, 3.63) is 59.7 Å². The minimum absolute atomic E-state index is 0.297. The van der Waals surface area contributed by atoms with Crippen molar-refractivity contribution in [1.82, 2.24) is 0 Å². The summed E-state index contributed by atoms with van der Waals surface area (Å²) in [6.45, 7) is 8.35. The molecule has 0 amide bonds. The van der Waals surface area contributed by atoms with Gasteiger partial charge in [0, 0.05) is 6.08 Å². The largest absolute Gasteiger partial charge is 0.458 e. The number of ether oxygens (including phenoxy) is 1. The van der Waals surface area contributed by atoms with Gasteiger partial charge in [0.05, 0.1) is 5.60 Å². The molecule has 0 fully saturated rings. The molecule has 0 heterocycles. The summed E-state index contributed by atoms with van der Waals surface area (Å²) in [4.78, 5) is 11.8. The SMILES string of the molecule is CCC(C)(O)CCCC(C)C/C=C/C(C)=C/C(=O)OCc1ccccc1. The van der Waals surface area contributed by atoms with E-state index >= 15 is 0 Å². The van der Waals surface area contributed by atoms with Gasteiger partial charge in [-0.15, -0.1) is 0 Å². The van der Waals surface area contributed by atoms with Crippen LogP contribution in [0.15, 0.2) is 54.1 Å². The predicted molar refractivity (Wildman–Crippen MR) is 108 cm³/mol. The van der Waals surface area contributed by atoms with E-state index in [9.17, 15) is 9.90 Å². The highest BCUT2D eigenvalue weighted by Gasteiger charge is 2.16. The molecule has 1 rings (SSSR count). The van der Waals surface area contributed by atoms with E-state index in [1.54, 1.807) is 0 Å². The summed E-state index contributed by atoms with van der Waals surface area (Å²) in [6, 6.07) is 9.67. The molecule has 0 aliphatic heterocycles. The molecule has 0 saturated heterocycles. The summed E-state index contributed by atoms with van der Waals surface area (Å²) in [5, 5.41) is 10.0. The van der Waals surface area contributed by atoms with E-state index in [2.05, 4.69) is 13.0 Å². The molecule has 0 aliphatic carbocycles. The zero-order valence-corrected chi connectivity index (χ0v) is 16.7. The molecule has 3 nitrogen and oxygen atoms in total. The number of aliphatic hydroxyl groups is 1. The molecule has 1 aromatic rings. The van der Waals surface area contributed by atoms with Crippen molar-refractivity contribution in [3.8, 4) is 0 Å². The first-order valence-electron chi connectivity index (χ1n) is 9.60.